The average Bonchev–Trinajstić information content (AvgIpc) is 2.50. The van der Waals surface area contributed by atoms with Crippen molar-refractivity contribution in [2.45, 2.75) is 38.6 Å². The SMILES string of the molecule is CC1CCCCC1NC(=O)C(=O)Nc1ccc(N(C)C)cc1. The quantitative estimate of drug-likeness (QED) is 0.843. The second kappa shape index (κ2) is 7.29. The topological polar surface area (TPSA) is 61.4 Å². The van der Waals surface area contributed by atoms with Crippen LogP contribution in [0.4, 0.5) is 11.4 Å². The van der Waals surface area contributed by atoms with Crippen molar-refractivity contribution in [2.75, 3.05) is 24.3 Å². The third kappa shape index (κ3) is 4.23. The van der Waals surface area contributed by atoms with E-state index >= 15 is 0 Å². The molecule has 0 radical (unpaired) electrons. The Morgan fingerprint density at radius 1 is 1.05 bits per heavy atom. The molecule has 2 unspecified atom stereocenters. The Labute approximate surface area is 132 Å². The maximum Gasteiger partial charge on any atom is 0.313 e. The van der Waals surface area contributed by atoms with Crippen LogP contribution in [0.25, 0.3) is 0 Å². The van der Waals surface area contributed by atoms with Gasteiger partial charge in [0.1, 0.15) is 0 Å². The van der Waals surface area contributed by atoms with Crippen LogP contribution in [0.15, 0.2) is 24.3 Å². The molecule has 0 aromatic heterocycles. The maximum atomic E-state index is 12.0. The van der Waals surface area contributed by atoms with E-state index in [1.54, 1.807) is 12.1 Å². The van der Waals surface area contributed by atoms with Gasteiger partial charge in [-0.25, -0.2) is 0 Å². The number of rotatable bonds is 3. The molecular weight excluding hydrogens is 278 g/mol. The van der Waals surface area contributed by atoms with Crippen molar-refractivity contribution < 1.29 is 9.59 Å². The summed E-state index contributed by atoms with van der Waals surface area (Å²) in [6.45, 7) is 2.13. The minimum Gasteiger partial charge on any atom is -0.378 e. The number of benzene rings is 1. The lowest BCUT2D eigenvalue weighted by molar-refractivity contribution is -0.137. The predicted molar refractivity (Wildman–Crippen MR) is 89.0 cm³/mol. The van der Waals surface area contributed by atoms with Gasteiger partial charge < -0.3 is 15.5 Å². The number of nitrogens with zero attached hydrogens (tertiary/aromatic N) is 1. The molecule has 2 rings (SSSR count). The first-order valence-corrected chi connectivity index (χ1v) is 7.86. The van der Waals surface area contributed by atoms with E-state index in [9.17, 15) is 9.59 Å². The van der Waals surface area contributed by atoms with Crippen molar-refractivity contribution >= 4 is 23.2 Å². The van der Waals surface area contributed by atoms with Crippen LogP contribution in [0, 0.1) is 5.92 Å². The fourth-order valence-corrected chi connectivity index (χ4v) is 2.80. The minimum absolute atomic E-state index is 0.114. The minimum atomic E-state index is -0.602. The number of carbonyl (C=O) groups is 2. The van der Waals surface area contributed by atoms with Crippen molar-refractivity contribution in [1.29, 1.82) is 0 Å². The van der Waals surface area contributed by atoms with E-state index in [0.29, 0.717) is 11.6 Å². The molecule has 2 amide bonds. The molecule has 1 aliphatic rings. The van der Waals surface area contributed by atoms with Gasteiger partial charge in [-0.2, -0.15) is 0 Å². The zero-order chi connectivity index (χ0) is 16.1. The second-order valence-corrected chi connectivity index (χ2v) is 6.24. The summed E-state index contributed by atoms with van der Waals surface area (Å²) in [4.78, 5) is 26.0. The highest BCUT2D eigenvalue weighted by molar-refractivity contribution is 6.39. The molecule has 5 nitrogen and oxygen atoms in total. The molecule has 2 atom stereocenters. The van der Waals surface area contributed by atoms with E-state index < -0.39 is 11.8 Å². The molecule has 1 saturated carbocycles. The first-order chi connectivity index (χ1) is 10.5. The van der Waals surface area contributed by atoms with Gasteiger partial charge in [-0.15, -0.1) is 0 Å². The summed E-state index contributed by atoms with van der Waals surface area (Å²) < 4.78 is 0. The van der Waals surface area contributed by atoms with Gasteiger partial charge in [-0.05, 0) is 43.0 Å². The Kier molecular flexibility index (Phi) is 5.41. The molecule has 1 fully saturated rings. The van der Waals surface area contributed by atoms with Crippen LogP contribution in [0.1, 0.15) is 32.6 Å². The summed E-state index contributed by atoms with van der Waals surface area (Å²) in [5.41, 5.74) is 1.67. The van der Waals surface area contributed by atoms with Gasteiger partial charge >= 0.3 is 11.8 Å². The number of carbonyl (C=O) groups excluding carboxylic acids is 2. The van der Waals surface area contributed by atoms with Crippen molar-refractivity contribution in [3.63, 3.8) is 0 Å². The summed E-state index contributed by atoms with van der Waals surface area (Å²) in [5, 5.41) is 5.50. The summed E-state index contributed by atoms with van der Waals surface area (Å²) in [7, 11) is 3.90. The molecule has 0 heterocycles. The Bertz CT molecular complexity index is 525. The molecule has 22 heavy (non-hydrogen) atoms. The fourth-order valence-electron chi connectivity index (χ4n) is 2.80. The van der Waals surface area contributed by atoms with E-state index in [2.05, 4.69) is 17.6 Å². The van der Waals surface area contributed by atoms with Crippen molar-refractivity contribution in [3.05, 3.63) is 24.3 Å². The molecule has 1 aliphatic carbocycles. The van der Waals surface area contributed by atoms with Gasteiger partial charge in [0.15, 0.2) is 0 Å². The van der Waals surface area contributed by atoms with Gasteiger partial charge in [0.2, 0.25) is 0 Å². The van der Waals surface area contributed by atoms with Crippen molar-refractivity contribution in [1.82, 2.24) is 5.32 Å². The fraction of sp³-hybridized carbons (Fsp3) is 0.529. The lowest BCUT2D eigenvalue weighted by Crippen LogP contribution is -2.45. The predicted octanol–water partition coefficient (Wildman–Crippen LogP) is 2.39. The third-order valence-corrected chi connectivity index (χ3v) is 4.28. The van der Waals surface area contributed by atoms with E-state index in [1.807, 2.05) is 31.1 Å². The van der Waals surface area contributed by atoms with E-state index in [4.69, 9.17) is 0 Å². The molecule has 0 aliphatic heterocycles. The Hall–Kier alpha value is -2.04. The molecule has 2 N–H and O–H groups in total. The number of nitrogens with one attached hydrogen (secondary N) is 2. The highest BCUT2D eigenvalue weighted by Gasteiger charge is 2.25. The van der Waals surface area contributed by atoms with E-state index in [-0.39, 0.29) is 6.04 Å². The second-order valence-electron chi connectivity index (χ2n) is 6.24. The molecule has 5 heteroatoms. The highest BCUT2D eigenvalue weighted by atomic mass is 16.2. The first kappa shape index (κ1) is 16.3. The summed E-state index contributed by atoms with van der Waals surface area (Å²) in [5.74, 6) is -0.712. The summed E-state index contributed by atoms with van der Waals surface area (Å²) >= 11 is 0. The number of hydrogen-bond acceptors (Lipinski definition) is 3. The molecule has 0 saturated heterocycles. The standard InChI is InChI=1S/C17H25N3O2/c1-12-6-4-5-7-15(12)19-17(22)16(21)18-13-8-10-14(11-9-13)20(2)3/h8-12,15H,4-7H2,1-3H3,(H,18,21)(H,19,22). The van der Waals surface area contributed by atoms with Crippen LogP contribution < -0.4 is 15.5 Å². The van der Waals surface area contributed by atoms with E-state index in [1.165, 1.54) is 6.42 Å². The van der Waals surface area contributed by atoms with Crippen LogP contribution in [-0.4, -0.2) is 32.0 Å². The normalized spacial score (nSPS) is 21.0. The highest BCUT2D eigenvalue weighted by Crippen LogP contribution is 2.23. The Morgan fingerprint density at radius 3 is 2.27 bits per heavy atom. The number of anilines is 2. The Balaban J connectivity index is 1.89. The molecule has 1 aromatic carbocycles. The molecule has 0 spiro atoms. The third-order valence-electron chi connectivity index (χ3n) is 4.28. The molecule has 1 aromatic rings. The molecular formula is C17H25N3O2. The van der Waals surface area contributed by atoms with Gasteiger partial charge in [0.25, 0.3) is 0 Å². The maximum absolute atomic E-state index is 12.0. The number of hydrogen-bond donors (Lipinski definition) is 2. The Morgan fingerprint density at radius 2 is 1.68 bits per heavy atom. The lowest BCUT2D eigenvalue weighted by atomic mass is 9.86. The van der Waals surface area contributed by atoms with Gasteiger partial charge in [-0.1, -0.05) is 19.8 Å². The molecule has 0 bridgehead atoms. The van der Waals surface area contributed by atoms with Crippen molar-refractivity contribution in [3.8, 4) is 0 Å². The van der Waals surface area contributed by atoms with Gasteiger partial charge in [0, 0.05) is 31.5 Å². The van der Waals surface area contributed by atoms with Crippen LogP contribution >= 0.6 is 0 Å². The zero-order valence-corrected chi connectivity index (χ0v) is 13.6. The van der Waals surface area contributed by atoms with Crippen LogP contribution in [0.3, 0.4) is 0 Å². The number of amides is 2. The van der Waals surface area contributed by atoms with Gasteiger partial charge in [0.05, 0.1) is 0 Å². The summed E-state index contributed by atoms with van der Waals surface area (Å²) in [6, 6.07) is 7.50. The lowest BCUT2D eigenvalue weighted by Gasteiger charge is -2.29. The van der Waals surface area contributed by atoms with Crippen molar-refractivity contribution in [2.24, 2.45) is 5.92 Å². The van der Waals surface area contributed by atoms with Crippen LogP contribution in [-0.2, 0) is 9.59 Å². The van der Waals surface area contributed by atoms with Gasteiger partial charge in [-0.3, -0.25) is 9.59 Å². The first-order valence-electron chi connectivity index (χ1n) is 7.86. The summed E-state index contributed by atoms with van der Waals surface area (Å²) in [6.07, 6.45) is 4.39. The zero-order valence-electron chi connectivity index (χ0n) is 13.6. The van der Waals surface area contributed by atoms with Crippen LogP contribution in [0.5, 0.6) is 0 Å². The molecule has 120 valence electrons. The largest absolute Gasteiger partial charge is 0.378 e. The van der Waals surface area contributed by atoms with Crippen LogP contribution in [0.2, 0.25) is 0 Å². The smallest absolute Gasteiger partial charge is 0.313 e. The monoisotopic (exact) mass is 303 g/mol. The van der Waals surface area contributed by atoms with E-state index in [0.717, 1.165) is 24.9 Å². The average molecular weight is 303 g/mol.